The van der Waals surface area contributed by atoms with Gasteiger partial charge < -0.3 is 5.32 Å². The maximum Gasteiger partial charge on any atom is 0.252 e. The zero-order valence-electron chi connectivity index (χ0n) is 11.1. The lowest BCUT2D eigenvalue weighted by atomic mass is 10.2. The van der Waals surface area contributed by atoms with Crippen LogP contribution >= 0.6 is 45.5 Å². The lowest BCUT2D eigenvalue weighted by Gasteiger charge is -2.12. The number of nitrogens with zero attached hydrogens (tertiary/aromatic N) is 1. The maximum atomic E-state index is 12.3. The van der Waals surface area contributed by atoms with Gasteiger partial charge in [0.15, 0.2) is 0 Å². The quantitative estimate of drug-likeness (QED) is 0.742. The average Bonchev–Trinajstić information content (AvgIpc) is 2.90. The smallest absolute Gasteiger partial charge is 0.252 e. The average molecular weight is 421 g/mol. The summed E-state index contributed by atoms with van der Waals surface area (Å²) in [5, 5.41) is 4.45. The summed E-state index contributed by atoms with van der Waals surface area (Å²) >= 11 is 9.71. The Labute approximate surface area is 140 Å². The molecule has 2 rings (SSSR count). The van der Waals surface area contributed by atoms with Gasteiger partial charge in [-0.1, -0.05) is 18.5 Å². The van der Waals surface area contributed by atoms with Crippen molar-refractivity contribution >= 4 is 51.4 Å². The number of carbonyl (C=O) groups excluding carboxylic acids is 1. The van der Waals surface area contributed by atoms with E-state index in [9.17, 15) is 4.79 Å². The molecular formula is C14H14ClIN2OS. The number of hydrogen-bond donors (Lipinski definition) is 1. The monoisotopic (exact) mass is 420 g/mol. The summed E-state index contributed by atoms with van der Waals surface area (Å²) in [7, 11) is 0. The molecule has 20 heavy (non-hydrogen) atoms. The molecule has 106 valence electrons. The van der Waals surface area contributed by atoms with E-state index in [0.717, 1.165) is 15.0 Å². The summed E-state index contributed by atoms with van der Waals surface area (Å²) < 4.78 is 0.880. The van der Waals surface area contributed by atoms with Crippen molar-refractivity contribution in [2.45, 2.75) is 26.3 Å². The second kappa shape index (κ2) is 6.87. The molecule has 0 aliphatic carbocycles. The highest BCUT2D eigenvalue weighted by atomic mass is 127. The van der Waals surface area contributed by atoms with Gasteiger partial charge >= 0.3 is 0 Å². The molecule has 1 aromatic carbocycles. The van der Waals surface area contributed by atoms with E-state index in [-0.39, 0.29) is 11.9 Å². The van der Waals surface area contributed by atoms with Crippen LogP contribution in [0.2, 0.25) is 5.02 Å². The number of aryl methyl sites for hydroxylation is 1. The van der Waals surface area contributed by atoms with Crippen molar-refractivity contribution in [2.24, 2.45) is 0 Å². The van der Waals surface area contributed by atoms with Gasteiger partial charge in [-0.25, -0.2) is 4.98 Å². The number of aromatic nitrogens is 1. The summed E-state index contributed by atoms with van der Waals surface area (Å²) in [4.78, 5) is 17.9. The Balaban J connectivity index is 2.12. The highest BCUT2D eigenvalue weighted by molar-refractivity contribution is 14.1. The fraction of sp³-hybridized carbons (Fsp3) is 0.286. The van der Waals surface area contributed by atoms with Crippen LogP contribution in [0.15, 0.2) is 24.4 Å². The first-order valence-corrected chi connectivity index (χ1v) is 8.49. The van der Waals surface area contributed by atoms with Crippen LogP contribution in [0, 0.1) is 3.57 Å². The van der Waals surface area contributed by atoms with Gasteiger partial charge in [-0.2, -0.15) is 0 Å². The van der Waals surface area contributed by atoms with E-state index < -0.39 is 0 Å². The molecule has 1 atom stereocenters. The Bertz CT molecular complexity index is 629. The van der Waals surface area contributed by atoms with E-state index in [1.807, 2.05) is 19.2 Å². The van der Waals surface area contributed by atoms with E-state index in [2.05, 4.69) is 39.8 Å². The van der Waals surface area contributed by atoms with Gasteiger partial charge in [0.1, 0.15) is 5.01 Å². The Morgan fingerprint density at radius 2 is 2.30 bits per heavy atom. The number of hydrogen-bond acceptors (Lipinski definition) is 3. The zero-order chi connectivity index (χ0) is 14.7. The van der Waals surface area contributed by atoms with Gasteiger partial charge in [-0.15, -0.1) is 11.3 Å². The molecule has 0 saturated heterocycles. The van der Waals surface area contributed by atoms with Crippen LogP contribution in [0.4, 0.5) is 0 Å². The van der Waals surface area contributed by atoms with Gasteiger partial charge in [0.05, 0.1) is 11.6 Å². The third kappa shape index (κ3) is 3.71. The predicted molar refractivity (Wildman–Crippen MR) is 91.5 cm³/mol. The molecule has 0 saturated carbocycles. The summed E-state index contributed by atoms with van der Waals surface area (Å²) in [6.45, 7) is 4.03. The van der Waals surface area contributed by atoms with Crippen LogP contribution in [0.3, 0.4) is 0 Å². The summed E-state index contributed by atoms with van der Waals surface area (Å²) in [6.07, 6.45) is 2.83. The van der Waals surface area contributed by atoms with Crippen LogP contribution < -0.4 is 5.32 Å². The minimum absolute atomic E-state index is 0.109. The normalized spacial score (nSPS) is 12.2. The number of nitrogens with one attached hydrogen (secondary N) is 1. The first kappa shape index (κ1) is 15.7. The number of carbonyl (C=O) groups is 1. The second-order valence-corrected chi connectivity index (χ2v) is 7.08. The predicted octanol–water partition coefficient (Wildman–Crippen LogP) is 4.45. The summed E-state index contributed by atoms with van der Waals surface area (Å²) in [6, 6.07) is 5.19. The molecule has 1 amide bonds. The number of halogens is 2. The first-order chi connectivity index (χ1) is 9.51. The van der Waals surface area contributed by atoms with Crippen LogP contribution in [-0.2, 0) is 6.42 Å². The van der Waals surface area contributed by atoms with Crippen molar-refractivity contribution in [2.75, 3.05) is 0 Å². The molecule has 0 fully saturated rings. The van der Waals surface area contributed by atoms with E-state index in [4.69, 9.17) is 11.6 Å². The molecule has 1 aromatic heterocycles. The van der Waals surface area contributed by atoms with E-state index >= 15 is 0 Å². The third-order valence-electron chi connectivity index (χ3n) is 2.81. The van der Waals surface area contributed by atoms with Crippen LogP contribution in [-0.4, -0.2) is 10.9 Å². The number of amides is 1. The molecule has 6 heteroatoms. The molecule has 0 aliphatic heterocycles. The highest BCUT2D eigenvalue weighted by Gasteiger charge is 2.16. The highest BCUT2D eigenvalue weighted by Crippen LogP contribution is 2.22. The maximum absolute atomic E-state index is 12.3. The number of benzene rings is 1. The van der Waals surface area contributed by atoms with E-state index in [1.54, 1.807) is 23.5 Å². The molecule has 1 N–H and O–H groups in total. The van der Waals surface area contributed by atoms with Crippen LogP contribution in [0.1, 0.15) is 40.1 Å². The molecule has 0 aliphatic rings. The summed E-state index contributed by atoms with van der Waals surface area (Å²) in [5.74, 6) is -0.127. The minimum atomic E-state index is -0.127. The van der Waals surface area contributed by atoms with Crippen LogP contribution in [0.5, 0.6) is 0 Å². The SMILES string of the molecule is CCc1cnc(C(C)NC(=O)c2cc(Cl)ccc2I)s1. The minimum Gasteiger partial charge on any atom is -0.343 e. The Morgan fingerprint density at radius 3 is 2.95 bits per heavy atom. The van der Waals surface area contributed by atoms with Gasteiger partial charge in [0.2, 0.25) is 0 Å². The van der Waals surface area contributed by atoms with Crippen molar-refractivity contribution in [3.8, 4) is 0 Å². The molecule has 0 radical (unpaired) electrons. The van der Waals surface area contributed by atoms with Gasteiger partial charge in [-0.3, -0.25) is 4.79 Å². The lowest BCUT2D eigenvalue weighted by molar-refractivity contribution is 0.0939. The van der Waals surface area contributed by atoms with Crippen LogP contribution in [0.25, 0.3) is 0 Å². The molecule has 0 bridgehead atoms. The first-order valence-electron chi connectivity index (χ1n) is 6.21. The zero-order valence-corrected chi connectivity index (χ0v) is 14.8. The van der Waals surface area contributed by atoms with Gasteiger partial charge in [0, 0.05) is 19.7 Å². The van der Waals surface area contributed by atoms with Crippen molar-refractivity contribution in [1.82, 2.24) is 10.3 Å². The van der Waals surface area contributed by atoms with Gasteiger partial charge in [-0.05, 0) is 54.1 Å². The lowest BCUT2D eigenvalue weighted by Crippen LogP contribution is -2.27. The Morgan fingerprint density at radius 1 is 1.55 bits per heavy atom. The standard InChI is InChI=1S/C14H14ClIN2OS/c1-3-10-7-17-14(20-10)8(2)18-13(19)11-6-9(15)4-5-12(11)16/h4-8H,3H2,1-2H3,(H,18,19). The topological polar surface area (TPSA) is 42.0 Å². The number of rotatable bonds is 4. The fourth-order valence-corrected chi connectivity index (χ4v) is 3.31. The van der Waals surface area contributed by atoms with Gasteiger partial charge in [0.25, 0.3) is 5.91 Å². The van der Waals surface area contributed by atoms with Crippen molar-refractivity contribution in [3.05, 3.63) is 48.4 Å². The fourth-order valence-electron chi connectivity index (χ4n) is 1.69. The molecule has 1 unspecified atom stereocenters. The third-order valence-corrected chi connectivity index (χ3v) is 5.31. The van der Waals surface area contributed by atoms with E-state index in [0.29, 0.717) is 10.6 Å². The molecule has 0 spiro atoms. The molecule has 1 heterocycles. The molecule has 3 nitrogen and oxygen atoms in total. The largest absolute Gasteiger partial charge is 0.343 e. The Hall–Kier alpha value is -0.660. The molecule has 2 aromatic rings. The van der Waals surface area contributed by atoms with E-state index in [1.165, 1.54) is 4.88 Å². The van der Waals surface area contributed by atoms with Crippen molar-refractivity contribution in [3.63, 3.8) is 0 Å². The van der Waals surface area contributed by atoms with Crippen molar-refractivity contribution < 1.29 is 4.79 Å². The molecular weight excluding hydrogens is 407 g/mol. The number of thiazole rings is 1. The Kier molecular flexibility index (Phi) is 5.40. The second-order valence-electron chi connectivity index (χ2n) is 4.34. The van der Waals surface area contributed by atoms with Crippen molar-refractivity contribution in [1.29, 1.82) is 0 Å². The summed E-state index contributed by atoms with van der Waals surface area (Å²) in [5.41, 5.74) is 0.595.